The molecule has 1 rings (SSSR count). The van der Waals surface area contributed by atoms with Gasteiger partial charge in [0.2, 0.25) is 0 Å². The number of hydrogen-bond donors (Lipinski definition) is 1. The van der Waals surface area contributed by atoms with Gasteiger partial charge in [0.05, 0.1) is 6.26 Å². The van der Waals surface area contributed by atoms with E-state index in [0.717, 1.165) is 10.2 Å². The molecule has 0 saturated heterocycles. The Kier molecular flexibility index (Phi) is 1.70. The lowest BCUT2D eigenvalue weighted by atomic mass is 10.4. The van der Waals surface area contributed by atoms with Crippen LogP contribution in [-0.4, -0.2) is 0 Å². The van der Waals surface area contributed by atoms with Gasteiger partial charge in [0.15, 0.2) is 4.67 Å². The van der Waals surface area contributed by atoms with Crippen LogP contribution in [0.4, 0.5) is 0 Å². The second kappa shape index (κ2) is 2.33. The summed E-state index contributed by atoms with van der Waals surface area (Å²) in [6.45, 7) is 0.525. The second-order valence-electron chi connectivity index (χ2n) is 1.42. The lowest BCUT2D eigenvalue weighted by molar-refractivity contribution is 0.537. The molecule has 8 heavy (non-hydrogen) atoms. The Morgan fingerprint density at radius 3 is 2.75 bits per heavy atom. The highest BCUT2D eigenvalue weighted by atomic mass is 79.9. The average molecular weight is 176 g/mol. The molecule has 0 amide bonds. The van der Waals surface area contributed by atoms with Crippen LogP contribution in [0.2, 0.25) is 0 Å². The van der Waals surface area contributed by atoms with Crippen LogP contribution in [-0.2, 0) is 6.54 Å². The molecule has 3 heteroatoms. The van der Waals surface area contributed by atoms with Crippen LogP contribution >= 0.6 is 15.9 Å². The second-order valence-corrected chi connectivity index (χ2v) is 2.14. The van der Waals surface area contributed by atoms with E-state index in [9.17, 15) is 0 Å². The Balaban J connectivity index is 2.92. The first-order valence-electron chi connectivity index (χ1n) is 2.26. The highest BCUT2D eigenvalue weighted by molar-refractivity contribution is 9.10. The maximum Gasteiger partial charge on any atom is 0.173 e. The predicted octanol–water partition coefficient (Wildman–Crippen LogP) is 1.50. The maximum absolute atomic E-state index is 5.31. The van der Waals surface area contributed by atoms with Crippen molar-refractivity contribution in [2.75, 3.05) is 0 Å². The van der Waals surface area contributed by atoms with Gasteiger partial charge in [-0.1, -0.05) is 0 Å². The summed E-state index contributed by atoms with van der Waals surface area (Å²) in [6, 6.07) is 1.84. The highest BCUT2D eigenvalue weighted by Gasteiger charge is 1.96. The molecule has 44 valence electrons. The van der Waals surface area contributed by atoms with Crippen molar-refractivity contribution in [1.29, 1.82) is 0 Å². The van der Waals surface area contributed by atoms with Gasteiger partial charge in [0.25, 0.3) is 0 Å². The van der Waals surface area contributed by atoms with Gasteiger partial charge in [0, 0.05) is 12.1 Å². The zero-order valence-corrected chi connectivity index (χ0v) is 5.81. The Morgan fingerprint density at radius 2 is 2.50 bits per heavy atom. The molecule has 0 unspecified atom stereocenters. The van der Waals surface area contributed by atoms with Crippen molar-refractivity contribution in [2.45, 2.75) is 6.54 Å². The summed E-state index contributed by atoms with van der Waals surface area (Å²) in [6.07, 6.45) is 1.60. The monoisotopic (exact) mass is 175 g/mol. The summed E-state index contributed by atoms with van der Waals surface area (Å²) in [5, 5.41) is 0. The molecule has 0 fully saturated rings. The summed E-state index contributed by atoms with van der Waals surface area (Å²) >= 11 is 3.18. The molecular formula is C5H6BrNO. The molecule has 1 aromatic rings. The summed E-state index contributed by atoms with van der Waals surface area (Å²) in [4.78, 5) is 0. The third-order valence-electron chi connectivity index (χ3n) is 0.913. The van der Waals surface area contributed by atoms with Gasteiger partial charge in [-0.05, 0) is 22.0 Å². The van der Waals surface area contributed by atoms with Crippen molar-refractivity contribution in [2.24, 2.45) is 5.73 Å². The fraction of sp³-hybridized carbons (Fsp3) is 0.200. The lowest BCUT2D eigenvalue weighted by Crippen LogP contribution is -1.93. The number of furan rings is 1. The van der Waals surface area contributed by atoms with E-state index in [1.54, 1.807) is 6.26 Å². The first kappa shape index (κ1) is 5.85. The van der Waals surface area contributed by atoms with Crippen LogP contribution in [0.15, 0.2) is 21.4 Å². The summed E-state index contributed by atoms with van der Waals surface area (Å²) in [5.41, 5.74) is 6.31. The number of halogens is 1. The lowest BCUT2D eigenvalue weighted by Gasteiger charge is -1.84. The van der Waals surface area contributed by atoms with Crippen LogP contribution in [0.3, 0.4) is 0 Å². The van der Waals surface area contributed by atoms with Crippen LogP contribution < -0.4 is 5.73 Å². The summed E-state index contributed by atoms with van der Waals surface area (Å²) in [7, 11) is 0. The molecule has 0 saturated carbocycles. The Labute approximate surface area is 55.8 Å². The summed E-state index contributed by atoms with van der Waals surface area (Å²) < 4.78 is 5.63. The van der Waals surface area contributed by atoms with E-state index in [4.69, 9.17) is 10.2 Å². The van der Waals surface area contributed by atoms with Gasteiger partial charge in [-0.2, -0.15) is 0 Å². The minimum atomic E-state index is 0.525. The molecule has 0 aliphatic rings. The van der Waals surface area contributed by atoms with Crippen LogP contribution in [0, 0.1) is 0 Å². The van der Waals surface area contributed by atoms with Crippen molar-refractivity contribution < 1.29 is 4.42 Å². The molecule has 0 aromatic carbocycles. The van der Waals surface area contributed by atoms with Gasteiger partial charge in [-0.25, -0.2) is 0 Å². The largest absolute Gasteiger partial charge is 0.457 e. The molecule has 1 heterocycles. The van der Waals surface area contributed by atoms with Gasteiger partial charge in [-0.15, -0.1) is 0 Å². The first-order chi connectivity index (χ1) is 3.84. The van der Waals surface area contributed by atoms with Crippen molar-refractivity contribution >= 4 is 15.9 Å². The van der Waals surface area contributed by atoms with Crippen molar-refractivity contribution in [3.8, 4) is 0 Å². The van der Waals surface area contributed by atoms with Crippen molar-refractivity contribution in [3.05, 3.63) is 22.6 Å². The van der Waals surface area contributed by atoms with E-state index < -0.39 is 0 Å². The smallest absolute Gasteiger partial charge is 0.173 e. The normalized spacial score (nSPS) is 9.75. The fourth-order valence-electron chi connectivity index (χ4n) is 0.465. The van der Waals surface area contributed by atoms with E-state index in [2.05, 4.69) is 15.9 Å². The van der Waals surface area contributed by atoms with Gasteiger partial charge < -0.3 is 10.2 Å². The van der Waals surface area contributed by atoms with Crippen LogP contribution in [0.25, 0.3) is 0 Å². The van der Waals surface area contributed by atoms with Crippen LogP contribution in [0.1, 0.15) is 5.56 Å². The number of rotatable bonds is 1. The molecular weight excluding hydrogens is 170 g/mol. The zero-order valence-electron chi connectivity index (χ0n) is 4.23. The van der Waals surface area contributed by atoms with E-state index in [1.165, 1.54) is 0 Å². The minimum absolute atomic E-state index is 0.525. The maximum atomic E-state index is 5.31. The van der Waals surface area contributed by atoms with Crippen LogP contribution in [0.5, 0.6) is 0 Å². The third kappa shape index (κ3) is 0.928. The zero-order chi connectivity index (χ0) is 5.98. The number of hydrogen-bond acceptors (Lipinski definition) is 2. The van der Waals surface area contributed by atoms with E-state index in [-0.39, 0.29) is 0 Å². The number of nitrogens with two attached hydrogens (primary N) is 1. The van der Waals surface area contributed by atoms with E-state index in [0.29, 0.717) is 6.54 Å². The van der Waals surface area contributed by atoms with Gasteiger partial charge in [0.1, 0.15) is 0 Å². The molecule has 2 nitrogen and oxygen atoms in total. The molecule has 1 aromatic heterocycles. The summed E-state index contributed by atoms with van der Waals surface area (Å²) in [5.74, 6) is 0. The van der Waals surface area contributed by atoms with E-state index in [1.807, 2.05) is 6.07 Å². The quantitative estimate of drug-likeness (QED) is 0.704. The predicted molar refractivity (Wildman–Crippen MR) is 34.3 cm³/mol. The topological polar surface area (TPSA) is 39.2 Å². The molecule has 0 aliphatic heterocycles. The molecule has 0 bridgehead atoms. The van der Waals surface area contributed by atoms with Crippen molar-refractivity contribution in [3.63, 3.8) is 0 Å². The fourth-order valence-corrected chi connectivity index (χ4v) is 0.867. The van der Waals surface area contributed by atoms with Crippen molar-refractivity contribution in [1.82, 2.24) is 0 Å². The third-order valence-corrected chi connectivity index (χ3v) is 1.61. The Hall–Kier alpha value is -0.280. The molecule has 0 atom stereocenters. The van der Waals surface area contributed by atoms with Gasteiger partial charge in [-0.3, -0.25) is 0 Å². The Bertz CT molecular complexity index is 173. The standard InChI is InChI=1S/C5H6BrNO/c6-5-4(3-7)1-2-8-5/h1-2H,3,7H2. The van der Waals surface area contributed by atoms with E-state index >= 15 is 0 Å². The van der Waals surface area contributed by atoms with Gasteiger partial charge >= 0.3 is 0 Å². The Morgan fingerprint density at radius 1 is 1.75 bits per heavy atom. The molecule has 0 radical (unpaired) electrons. The SMILES string of the molecule is NCc1ccoc1Br. The minimum Gasteiger partial charge on any atom is -0.457 e. The highest BCUT2D eigenvalue weighted by Crippen LogP contribution is 2.15. The molecule has 0 spiro atoms. The molecule has 0 aliphatic carbocycles. The molecule has 2 N–H and O–H groups in total. The average Bonchev–Trinajstić information content (AvgIpc) is 2.14. The first-order valence-corrected chi connectivity index (χ1v) is 3.06.